The second-order valence-corrected chi connectivity index (χ2v) is 10.0. The molecule has 0 radical (unpaired) electrons. The van der Waals surface area contributed by atoms with Crippen LogP contribution in [0.15, 0.2) is 58.3 Å². The van der Waals surface area contributed by atoms with Gasteiger partial charge in [0.1, 0.15) is 0 Å². The number of carbonyl (C=O) groups excluding carboxylic acids is 1. The lowest BCUT2D eigenvalue weighted by Gasteiger charge is -2.25. The van der Waals surface area contributed by atoms with E-state index >= 15 is 0 Å². The molecule has 2 aliphatic rings. The summed E-state index contributed by atoms with van der Waals surface area (Å²) in [7, 11) is -3.62. The van der Waals surface area contributed by atoms with Gasteiger partial charge in [0.2, 0.25) is 15.7 Å². The predicted molar refractivity (Wildman–Crippen MR) is 111 cm³/mol. The lowest BCUT2D eigenvalue weighted by atomic mass is 9.94. The lowest BCUT2D eigenvalue weighted by Crippen LogP contribution is -2.45. The fourth-order valence-electron chi connectivity index (χ4n) is 4.07. The standard InChI is InChI=1S/C21H24ClN3O3S/c22-16-2-1-3-18(11-16)29(27,28)17-6-4-14(5-7-17)12-24-21(26)20-10-15-13-23-9-8-19(15)25-20/h1-7,11,15,19-20,23,25H,8-10,12-13H2,(H,24,26). The Hall–Kier alpha value is -1.93. The molecule has 29 heavy (non-hydrogen) atoms. The van der Waals surface area contributed by atoms with E-state index in [4.69, 9.17) is 11.6 Å². The first-order valence-corrected chi connectivity index (χ1v) is 11.6. The summed E-state index contributed by atoms with van der Waals surface area (Å²) in [6.07, 6.45) is 1.90. The van der Waals surface area contributed by atoms with Gasteiger partial charge in [-0.05, 0) is 67.7 Å². The van der Waals surface area contributed by atoms with Crippen LogP contribution in [-0.4, -0.2) is 39.5 Å². The SMILES string of the molecule is O=C(NCc1ccc(S(=O)(=O)c2cccc(Cl)c2)cc1)C1CC2CNCCC2N1. The van der Waals surface area contributed by atoms with E-state index in [9.17, 15) is 13.2 Å². The number of carbonyl (C=O) groups is 1. The average Bonchev–Trinajstić information content (AvgIpc) is 3.17. The van der Waals surface area contributed by atoms with Gasteiger partial charge in [0.15, 0.2) is 0 Å². The quantitative estimate of drug-likeness (QED) is 0.672. The van der Waals surface area contributed by atoms with Gasteiger partial charge in [0.25, 0.3) is 0 Å². The molecule has 3 N–H and O–H groups in total. The van der Waals surface area contributed by atoms with E-state index < -0.39 is 9.84 Å². The summed E-state index contributed by atoms with van der Waals surface area (Å²) in [4.78, 5) is 12.9. The Morgan fingerprint density at radius 1 is 1.14 bits per heavy atom. The van der Waals surface area contributed by atoms with Crippen LogP contribution in [0, 0.1) is 5.92 Å². The van der Waals surface area contributed by atoms with Crippen molar-refractivity contribution in [2.45, 2.75) is 41.3 Å². The van der Waals surface area contributed by atoms with Crippen molar-refractivity contribution in [1.29, 1.82) is 0 Å². The molecule has 154 valence electrons. The van der Waals surface area contributed by atoms with Crippen molar-refractivity contribution in [3.05, 3.63) is 59.1 Å². The summed E-state index contributed by atoms with van der Waals surface area (Å²) in [5.74, 6) is 0.505. The molecular weight excluding hydrogens is 410 g/mol. The van der Waals surface area contributed by atoms with Crippen LogP contribution in [0.4, 0.5) is 0 Å². The van der Waals surface area contributed by atoms with Crippen LogP contribution in [0.1, 0.15) is 18.4 Å². The van der Waals surface area contributed by atoms with Crippen molar-refractivity contribution in [1.82, 2.24) is 16.0 Å². The van der Waals surface area contributed by atoms with Crippen molar-refractivity contribution in [2.75, 3.05) is 13.1 Å². The molecule has 4 rings (SSSR count). The van der Waals surface area contributed by atoms with E-state index in [-0.39, 0.29) is 21.7 Å². The minimum Gasteiger partial charge on any atom is -0.351 e. The van der Waals surface area contributed by atoms with Crippen molar-refractivity contribution in [3.63, 3.8) is 0 Å². The van der Waals surface area contributed by atoms with E-state index in [2.05, 4.69) is 16.0 Å². The first kappa shape index (κ1) is 20.3. The molecule has 3 unspecified atom stereocenters. The largest absolute Gasteiger partial charge is 0.351 e. The van der Waals surface area contributed by atoms with Crippen LogP contribution < -0.4 is 16.0 Å². The molecule has 8 heteroatoms. The molecular formula is C21H24ClN3O3S. The molecule has 2 saturated heterocycles. The molecule has 3 atom stereocenters. The highest BCUT2D eigenvalue weighted by atomic mass is 35.5. The van der Waals surface area contributed by atoms with E-state index in [1.165, 1.54) is 12.1 Å². The highest BCUT2D eigenvalue weighted by Gasteiger charge is 2.38. The maximum Gasteiger partial charge on any atom is 0.237 e. The normalized spacial score (nSPS) is 24.1. The molecule has 2 heterocycles. The number of fused-ring (bicyclic) bond motifs is 1. The topological polar surface area (TPSA) is 87.3 Å². The summed E-state index contributed by atoms with van der Waals surface area (Å²) in [6, 6.07) is 13.0. The van der Waals surface area contributed by atoms with Crippen molar-refractivity contribution < 1.29 is 13.2 Å². The first-order valence-electron chi connectivity index (χ1n) is 9.77. The summed E-state index contributed by atoms with van der Waals surface area (Å²) in [6.45, 7) is 2.32. The number of sulfone groups is 1. The van der Waals surface area contributed by atoms with Gasteiger partial charge >= 0.3 is 0 Å². The van der Waals surface area contributed by atoms with E-state index in [0.29, 0.717) is 23.5 Å². The summed E-state index contributed by atoms with van der Waals surface area (Å²) in [5, 5.41) is 10.2. The lowest BCUT2D eigenvalue weighted by molar-refractivity contribution is -0.123. The molecule has 2 fully saturated rings. The molecule has 0 bridgehead atoms. The third kappa shape index (κ3) is 4.48. The van der Waals surface area contributed by atoms with Crippen LogP contribution in [0.2, 0.25) is 5.02 Å². The smallest absolute Gasteiger partial charge is 0.237 e. The van der Waals surface area contributed by atoms with Gasteiger partial charge in [-0.1, -0.05) is 29.8 Å². The molecule has 2 aliphatic heterocycles. The fraction of sp³-hybridized carbons (Fsp3) is 0.381. The highest BCUT2D eigenvalue weighted by molar-refractivity contribution is 7.91. The molecule has 2 aromatic rings. The number of amides is 1. The van der Waals surface area contributed by atoms with Gasteiger partial charge in [0.05, 0.1) is 15.8 Å². The zero-order chi connectivity index (χ0) is 20.4. The third-order valence-corrected chi connectivity index (χ3v) is 7.69. The Labute approximate surface area is 176 Å². The molecule has 0 saturated carbocycles. The minimum absolute atomic E-state index is 0.00461. The minimum atomic E-state index is -3.62. The maximum absolute atomic E-state index is 12.7. The third-order valence-electron chi connectivity index (χ3n) is 5.68. The molecule has 0 spiro atoms. The number of nitrogens with one attached hydrogen (secondary N) is 3. The molecule has 0 aromatic heterocycles. The zero-order valence-electron chi connectivity index (χ0n) is 15.9. The molecule has 6 nitrogen and oxygen atoms in total. The van der Waals surface area contributed by atoms with Gasteiger partial charge < -0.3 is 16.0 Å². The van der Waals surface area contributed by atoms with Crippen LogP contribution in [0.5, 0.6) is 0 Å². The first-order chi connectivity index (χ1) is 13.9. The number of benzene rings is 2. The molecule has 2 aromatic carbocycles. The second kappa shape index (κ2) is 8.44. The van der Waals surface area contributed by atoms with Crippen molar-refractivity contribution in [3.8, 4) is 0 Å². The van der Waals surface area contributed by atoms with E-state index in [0.717, 1.165) is 31.5 Å². The fourth-order valence-corrected chi connectivity index (χ4v) is 5.63. The number of hydrogen-bond donors (Lipinski definition) is 3. The zero-order valence-corrected chi connectivity index (χ0v) is 17.5. The van der Waals surface area contributed by atoms with Gasteiger partial charge in [-0.2, -0.15) is 0 Å². The summed E-state index contributed by atoms with van der Waals surface area (Å²) in [5.41, 5.74) is 0.848. The molecule has 0 aliphatic carbocycles. The van der Waals surface area contributed by atoms with Gasteiger partial charge in [-0.25, -0.2) is 8.42 Å². The summed E-state index contributed by atoms with van der Waals surface area (Å²) >= 11 is 5.92. The predicted octanol–water partition coefficient (Wildman–Crippen LogP) is 2.13. The van der Waals surface area contributed by atoms with Crippen LogP contribution in [0.25, 0.3) is 0 Å². The number of rotatable bonds is 5. The van der Waals surface area contributed by atoms with Gasteiger partial charge in [0, 0.05) is 17.6 Å². The van der Waals surface area contributed by atoms with Crippen LogP contribution in [0.3, 0.4) is 0 Å². The van der Waals surface area contributed by atoms with Crippen LogP contribution >= 0.6 is 11.6 Å². The highest BCUT2D eigenvalue weighted by Crippen LogP contribution is 2.25. The van der Waals surface area contributed by atoms with E-state index in [1.54, 1.807) is 36.4 Å². The number of hydrogen-bond acceptors (Lipinski definition) is 5. The number of piperidine rings is 1. The number of halogens is 1. The molecule has 1 amide bonds. The van der Waals surface area contributed by atoms with Crippen molar-refractivity contribution >= 4 is 27.3 Å². The summed E-state index contributed by atoms with van der Waals surface area (Å²) < 4.78 is 25.4. The Morgan fingerprint density at radius 3 is 2.66 bits per heavy atom. The average molecular weight is 434 g/mol. The Morgan fingerprint density at radius 2 is 1.93 bits per heavy atom. The van der Waals surface area contributed by atoms with E-state index in [1.807, 2.05) is 0 Å². The second-order valence-electron chi connectivity index (χ2n) is 7.64. The Bertz CT molecular complexity index is 980. The monoisotopic (exact) mass is 433 g/mol. The Kier molecular flexibility index (Phi) is 5.92. The van der Waals surface area contributed by atoms with Gasteiger partial charge in [-0.15, -0.1) is 0 Å². The Balaban J connectivity index is 1.37. The van der Waals surface area contributed by atoms with Crippen molar-refractivity contribution in [2.24, 2.45) is 5.92 Å². The van der Waals surface area contributed by atoms with Crippen LogP contribution in [-0.2, 0) is 21.2 Å². The van der Waals surface area contributed by atoms with Gasteiger partial charge in [-0.3, -0.25) is 4.79 Å². The maximum atomic E-state index is 12.7.